The van der Waals surface area contributed by atoms with E-state index >= 15 is 0 Å². The quantitative estimate of drug-likeness (QED) is 0.241. The van der Waals surface area contributed by atoms with E-state index in [-0.39, 0.29) is 12.3 Å². The molecule has 1 atom stereocenters. The van der Waals surface area contributed by atoms with Crippen LogP contribution in [0.2, 0.25) is 0 Å². The Morgan fingerprint density at radius 1 is 0.870 bits per heavy atom. The van der Waals surface area contributed by atoms with Crippen LogP contribution in [0.1, 0.15) is 78.1 Å². The Morgan fingerprint density at radius 3 is 1.91 bits per heavy atom. The minimum absolute atomic E-state index is 0.193. The lowest BCUT2D eigenvalue weighted by Gasteiger charge is -2.08. The molecule has 0 heterocycles. The number of hydrogen-bond acceptors (Lipinski definition) is 6. The summed E-state index contributed by atoms with van der Waals surface area (Å²) in [6, 6.07) is 0. The summed E-state index contributed by atoms with van der Waals surface area (Å²) in [6.45, 7) is 3.28. The number of carbonyl (C=O) groups excluding carboxylic acids is 3. The molecule has 0 aromatic heterocycles. The summed E-state index contributed by atoms with van der Waals surface area (Å²) in [5.74, 6) is -2.82. The molecule has 0 spiro atoms. The first-order valence-corrected chi connectivity index (χ1v) is 8.66. The Hall–Kier alpha value is -1.43. The highest BCUT2D eigenvalue weighted by atomic mass is 17.2. The molecule has 0 fully saturated rings. The van der Waals surface area contributed by atoms with Crippen LogP contribution in [0.25, 0.3) is 0 Å². The van der Waals surface area contributed by atoms with Crippen molar-refractivity contribution in [1.82, 2.24) is 0 Å². The molecule has 6 nitrogen and oxygen atoms in total. The van der Waals surface area contributed by atoms with Crippen LogP contribution < -0.4 is 5.73 Å². The number of unbranched alkanes of at least 4 members (excludes halogenated alkanes) is 8. The van der Waals surface area contributed by atoms with E-state index in [2.05, 4.69) is 16.7 Å². The molecule has 0 aliphatic carbocycles. The molecule has 0 aliphatic rings. The number of nitrogens with two attached hydrogens (primary N) is 1. The van der Waals surface area contributed by atoms with Gasteiger partial charge in [-0.2, -0.15) is 0 Å². The Kier molecular flexibility index (Phi) is 13.3. The molecule has 0 saturated carbocycles. The maximum atomic E-state index is 11.8. The summed E-state index contributed by atoms with van der Waals surface area (Å²) in [6.07, 6.45) is 10.8. The molecule has 2 N–H and O–H groups in total. The van der Waals surface area contributed by atoms with E-state index in [4.69, 9.17) is 5.73 Å². The predicted molar refractivity (Wildman–Crippen MR) is 87.3 cm³/mol. The number of Topliss-reactive ketones (excluding diaryl/α,β-unsaturated/α-hetero) is 1. The number of carbonyl (C=O) groups is 3. The first kappa shape index (κ1) is 21.6. The minimum Gasteiger partial charge on any atom is -0.321 e. The summed E-state index contributed by atoms with van der Waals surface area (Å²) >= 11 is 0. The molecule has 23 heavy (non-hydrogen) atoms. The molecular formula is C17H31NO5. The predicted octanol–water partition coefficient (Wildman–Crippen LogP) is 3.07. The molecule has 0 amide bonds. The maximum absolute atomic E-state index is 11.8. The maximum Gasteiger partial charge on any atom is 0.368 e. The van der Waals surface area contributed by atoms with Crippen molar-refractivity contribution in [2.75, 3.05) is 6.54 Å². The average Bonchev–Trinajstić information content (AvgIpc) is 2.56. The molecule has 134 valence electrons. The van der Waals surface area contributed by atoms with Gasteiger partial charge in [0.15, 0.2) is 0 Å². The van der Waals surface area contributed by atoms with Crippen LogP contribution in [0.5, 0.6) is 0 Å². The second-order valence-corrected chi connectivity index (χ2v) is 5.83. The van der Waals surface area contributed by atoms with Gasteiger partial charge in [-0.15, -0.1) is 0 Å². The van der Waals surface area contributed by atoms with Gasteiger partial charge in [0.25, 0.3) is 0 Å². The minimum atomic E-state index is -0.922. The fourth-order valence-corrected chi connectivity index (χ4v) is 2.15. The third-order valence-corrected chi connectivity index (χ3v) is 3.75. The summed E-state index contributed by atoms with van der Waals surface area (Å²) in [7, 11) is 0. The molecule has 0 aromatic rings. The molecule has 0 aromatic carbocycles. The van der Waals surface area contributed by atoms with E-state index in [1.54, 1.807) is 0 Å². The van der Waals surface area contributed by atoms with Crippen molar-refractivity contribution in [1.29, 1.82) is 0 Å². The van der Waals surface area contributed by atoms with E-state index in [1.165, 1.54) is 45.4 Å². The fraction of sp³-hybridized carbons (Fsp3) is 0.824. The van der Waals surface area contributed by atoms with E-state index in [0.29, 0.717) is 6.42 Å². The van der Waals surface area contributed by atoms with Gasteiger partial charge in [0.05, 0.1) is 6.54 Å². The summed E-state index contributed by atoms with van der Waals surface area (Å²) in [4.78, 5) is 42.5. The van der Waals surface area contributed by atoms with Crippen molar-refractivity contribution in [3.05, 3.63) is 0 Å². The number of ketones is 1. The van der Waals surface area contributed by atoms with Gasteiger partial charge in [-0.1, -0.05) is 58.3 Å². The van der Waals surface area contributed by atoms with Crippen molar-refractivity contribution in [2.45, 2.75) is 78.1 Å². The zero-order valence-electron chi connectivity index (χ0n) is 14.5. The summed E-state index contributed by atoms with van der Waals surface area (Å²) in [5.41, 5.74) is 5.00. The van der Waals surface area contributed by atoms with Gasteiger partial charge in [-0.25, -0.2) is 19.4 Å². The van der Waals surface area contributed by atoms with Crippen LogP contribution in [0.15, 0.2) is 0 Å². The van der Waals surface area contributed by atoms with Crippen molar-refractivity contribution >= 4 is 17.7 Å². The standard InChI is InChI=1S/C17H31NO5/c1-3-4-5-6-7-8-9-10-11-12-15(19)14(2)17(21)23-22-16(20)13-18/h14H,3-13,18H2,1-2H3. The molecule has 0 radical (unpaired) electrons. The Morgan fingerprint density at radius 2 is 1.39 bits per heavy atom. The third kappa shape index (κ3) is 11.8. The van der Waals surface area contributed by atoms with Crippen molar-refractivity contribution in [2.24, 2.45) is 11.7 Å². The molecule has 0 aliphatic heterocycles. The Balaban J connectivity index is 3.64. The van der Waals surface area contributed by atoms with Gasteiger partial charge in [0.2, 0.25) is 0 Å². The molecular weight excluding hydrogens is 298 g/mol. The SMILES string of the molecule is CCCCCCCCCCCC(=O)C(C)C(=O)OOC(=O)CN. The summed E-state index contributed by atoms with van der Waals surface area (Å²) in [5, 5.41) is 0. The van der Waals surface area contributed by atoms with E-state index < -0.39 is 17.9 Å². The molecule has 0 saturated heterocycles. The van der Waals surface area contributed by atoms with Crippen molar-refractivity contribution < 1.29 is 24.2 Å². The fourth-order valence-electron chi connectivity index (χ4n) is 2.15. The van der Waals surface area contributed by atoms with Crippen LogP contribution in [0, 0.1) is 5.92 Å². The van der Waals surface area contributed by atoms with E-state index in [9.17, 15) is 14.4 Å². The van der Waals surface area contributed by atoms with Crippen LogP contribution in [0.3, 0.4) is 0 Å². The van der Waals surface area contributed by atoms with Gasteiger partial charge in [0.1, 0.15) is 11.7 Å². The molecule has 0 rings (SSSR count). The average molecular weight is 329 g/mol. The van der Waals surface area contributed by atoms with Crippen LogP contribution >= 0.6 is 0 Å². The normalized spacial score (nSPS) is 11.8. The highest BCUT2D eigenvalue weighted by Crippen LogP contribution is 2.12. The van der Waals surface area contributed by atoms with Crippen molar-refractivity contribution in [3.8, 4) is 0 Å². The van der Waals surface area contributed by atoms with E-state index in [0.717, 1.165) is 19.3 Å². The highest BCUT2D eigenvalue weighted by molar-refractivity contribution is 5.98. The lowest BCUT2D eigenvalue weighted by molar-refractivity contribution is -0.260. The number of rotatable bonds is 13. The van der Waals surface area contributed by atoms with Gasteiger partial charge in [-0.3, -0.25) is 4.79 Å². The summed E-state index contributed by atoms with van der Waals surface area (Å²) < 4.78 is 0. The Labute approximate surface area is 139 Å². The second kappa shape index (κ2) is 14.2. The van der Waals surface area contributed by atoms with Crippen molar-refractivity contribution in [3.63, 3.8) is 0 Å². The van der Waals surface area contributed by atoms with Crippen LogP contribution in [-0.4, -0.2) is 24.3 Å². The largest absolute Gasteiger partial charge is 0.368 e. The highest BCUT2D eigenvalue weighted by Gasteiger charge is 2.24. The molecule has 0 bridgehead atoms. The second-order valence-electron chi connectivity index (χ2n) is 5.83. The molecule has 6 heteroatoms. The Bertz CT molecular complexity index is 357. The van der Waals surface area contributed by atoms with Crippen LogP contribution in [-0.2, 0) is 24.2 Å². The van der Waals surface area contributed by atoms with Gasteiger partial charge >= 0.3 is 11.9 Å². The first-order valence-electron chi connectivity index (χ1n) is 8.66. The zero-order valence-corrected chi connectivity index (χ0v) is 14.5. The van der Waals surface area contributed by atoms with Gasteiger partial charge < -0.3 is 5.73 Å². The van der Waals surface area contributed by atoms with Gasteiger partial charge in [0, 0.05) is 6.42 Å². The van der Waals surface area contributed by atoms with Gasteiger partial charge in [-0.05, 0) is 13.3 Å². The monoisotopic (exact) mass is 329 g/mol. The first-order chi connectivity index (χ1) is 11.0. The topological polar surface area (TPSA) is 95.7 Å². The zero-order chi connectivity index (χ0) is 17.5. The smallest absolute Gasteiger partial charge is 0.321 e. The van der Waals surface area contributed by atoms with Crippen LogP contribution in [0.4, 0.5) is 0 Å². The lowest BCUT2D eigenvalue weighted by atomic mass is 10.00. The number of hydrogen-bond donors (Lipinski definition) is 1. The third-order valence-electron chi connectivity index (χ3n) is 3.75. The lowest BCUT2D eigenvalue weighted by Crippen LogP contribution is -2.26. The van der Waals surface area contributed by atoms with E-state index in [1.807, 2.05) is 0 Å². The molecule has 1 unspecified atom stereocenters.